The summed E-state index contributed by atoms with van der Waals surface area (Å²) in [7, 11) is 0. The molecule has 6 nitrogen and oxygen atoms in total. The Bertz CT molecular complexity index is 1220. The van der Waals surface area contributed by atoms with Crippen LogP contribution in [0.1, 0.15) is 11.1 Å². The van der Waals surface area contributed by atoms with E-state index in [-0.39, 0.29) is 6.03 Å². The summed E-state index contributed by atoms with van der Waals surface area (Å²) in [5.41, 5.74) is 6.06. The molecule has 1 aliphatic rings. The lowest BCUT2D eigenvalue weighted by atomic mass is 10.1. The predicted octanol–water partition coefficient (Wildman–Crippen LogP) is 5.53. The van der Waals surface area contributed by atoms with E-state index in [1.54, 1.807) is 6.20 Å². The molecule has 2 amide bonds. The molecule has 0 atom stereocenters. The minimum absolute atomic E-state index is 0.244. The third kappa shape index (κ3) is 3.64. The molecule has 0 saturated carbocycles. The summed E-state index contributed by atoms with van der Waals surface area (Å²) in [4.78, 5) is 22.5. The van der Waals surface area contributed by atoms with Gasteiger partial charge in [0.25, 0.3) is 0 Å². The molecule has 2 aromatic carbocycles. The van der Waals surface area contributed by atoms with Crippen LogP contribution in [0.15, 0.2) is 71.5 Å². The SMILES string of the molecule is O=C(Nc1ccc(Br)cc1)Nc1cccc2c1CCN2Cc1c[nH]c2ncccc12. The number of rotatable bonds is 4. The Hall–Kier alpha value is -3.32. The molecule has 0 unspecified atom stereocenters. The number of amides is 2. The fraction of sp³-hybridized carbons (Fsp3) is 0.130. The third-order valence-electron chi connectivity index (χ3n) is 5.37. The number of urea groups is 1. The second-order valence-electron chi connectivity index (χ2n) is 7.27. The lowest BCUT2D eigenvalue weighted by Crippen LogP contribution is -2.20. The number of halogens is 1. The number of nitrogens with one attached hydrogen (secondary N) is 3. The van der Waals surface area contributed by atoms with E-state index in [0.717, 1.165) is 52.1 Å². The lowest BCUT2D eigenvalue weighted by molar-refractivity contribution is 0.262. The van der Waals surface area contributed by atoms with E-state index in [2.05, 4.69) is 53.6 Å². The molecule has 3 N–H and O–H groups in total. The summed E-state index contributed by atoms with van der Waals surface area (Å²) in [6.45, 7) is 1.71. The van der Waals surface area contributed by atoms with Crippen LogP contribution in [0.2, 0.25) is 0 Å². The largest absolute Gasteiger partial charge is 0.367 e. The van der Waals surface area contributed by atoms with Gasteiger partial charge in [-0.3, -0.25) is 0 Å². The van der Waals surface area contributed by atoms with Crippen LogP contribution >= 0.6 is 15.9 Å². The number of aromatic amines is 1. The van der Waals surface area contributed by atoms with Crippen molar-refractivity contribution in [1.82, 2.24) is 9.97 Å². The second-order valence-corrected chi connectivity index (χ2v) is 8.19. The molecular formula is C23H20BrN5O. The van der Waals surface area contributed by atoms with Gasteiger partial charge in [0.1, 0.15) is 5.65 Å². The quantitative estimate of drug-likeness (QED) is 0.373. The Balaban J connectivity index is 1.33. The zero-order valence-electron chi connectivity index (χ0n) is 16.2. The van der Waals surface area contributed by atoms with E-state index in [4.69, 9.17) is 0 Å². The molecule has 30 heavy (non-hydrogen) atoms. The molecule has 0 fully saturated rings. The standard InChI is InChI=1S/C23H20BrN5O/c24-16-6-8-17(9-7-16)27-23(30)28-20-4-1-5-21-19(20)10-12-29(21)14-15-13-26-22-18(15)3-2-11-25-22/h1-9,11,13H,10,12,14H2,(H,25,26)(H2,27,28,30). The van der Waals surface area contributed by atoms with Crippen LogP contribution in [0.25, 0.3) is 11.0 Å². The van der Waals surface area contributed by atoms with E-state index in [1.807, 2.05) is 48.7 Å². The van der Waals surface area contributed by atoms with Gasteiger partial charge in [-0.25, -0.2) is 9.78 Å². The molecule has 0 radical (unpaired) electrons. The molecule has 0 aliphatic carbocycles. The van der Waals surface area contributed by atoms with Crippen molar-refractivity contribution >= 4 is 50.1 Å². The smallest absolute Gasteiger partial charge is 0.323 e. The van der Waals surface area contributed by atoms with Crippen molar-refractivity contribution in [3.05, 3.63) is 82.6 Å². The van der Waals surface area contributed by atoms with Crippen LogP contribution in [0.4, 0.5) is 21.9 Å². The van der Waals surface area contributed by atoms with Crippen LogP contribution in [-0.2, 0) is 13.0 Å². The molecule has 0 saturated heterocycles. The highest BCUT2D eigenvalue weighted by molar-refractivity contribution is 9.10. The maximum absolute atomic E-state index is 12.5. The molecule has 3 heterocycles. The van der Waals surface area contributed by atoms with Crippen molar-refractivity contribution in [2.45, 2.75) is 13.0 Å². The molecular weight excluding hydrogens is 442 g/mol. The van der Waals surface area contributed by atoms with Crippen molar-refractivity contribution in [2.75, 3.05) is 22.1 Å². The number of hydrogen-bond donors (Lipinski definition) is 3. The Morgan fingerprint density at radius 3 is 2.83 bits per heavy atom. The summed E-state index contributed by atoms with van der Waals surface area (Å²) in [6, 6.07) is 17.4. The van der Waals surface area contributed by atoms with E-state index in [9.17, 15) is 4.79 Å². The number of carbonyl (C=O) groups excluding carboxylic acids is 1. The highest BCUT2D eigenvalue weighted by atomic mass is 79.9. The number of aromatic nitrogens is 2. The van der Waals surface area contributed by atoms with Crippen molar-refractivity contribution in [2.24, 2.45) is 0 Å². The Kier molecular flexibility index (Phi) is 4.88. The number of pyridine rings is 1. The van der Waals surface area contributed by atoms with E-state index in [0.29, 0.717) is 0 Å². The van der Waals surface area contributed by atoms with Gasteiger partial charge in [-0.05, 0) is 60.5 Å². The van der Waals surface area contributed by atoms with Crippen molar-refractivity contribution in [1.29, 1.82) is 0 Å². The molecule has 150 valence electrons. The van der Waals surface area contributed by atoms with Gasteiger partial charge >= 0.3 is 6.03 Å². The maximum atomic E-state index is 12.5. The van der Waals surface area contributed by atoms with E-state index < -0.39 is 0 Å². The highest BCUT2D eigenvalue weighted by Gasteiger charge is 2.23. The van der Waals surface area contributed by atoms with Gasteiger partial charge in [-0.1, -0.05) is 22.0 Å². The number of benzene rings is 2. The average Bonchev–Trinajstić information content (AvgIpc) is 3.35. The van der Waals surface area contributed by atoms with Crippen LogP contribution in [0.3, 0.4) is 0 Å². The van der Waals surface area contributed by atoms with Gasteiger partial charge in [0, 0.05) is 58.0 Å². The number of nitrogens with zero attached hydrogens (tertiary/aromatic N) is 2. The monoisotopic (exact) mass is 461 g/mol. The van der Waals surface area contributed by atoms with Crippen LogP contribution < -0.4 is 15.5 Å². The number of carbonyl (C=O) groups is 1. The Morgan fingerprint density at radius 1 is 1.10 bits per heavy atom. The fourth-order valence-corrected chi connectivity index (χ4v) is 4.21. The first-order valence-corrected chi connectivity index (χ1v) is 10.6. The first-order valence-electron chi connectivity index (χ1n) is 9.79. The van der Waals surface area contributed by atoms with Crippen molar-refractivity contribution < 1.29 is 4.79 Å². The molecule has 0 bridgehead atoms. The molecule has 1 aliphatic heterocycles. The van der Waals surface area contributed by atoms with Gasteiger partial charge in [-0.15, -0.1) is 0 Å². The zero-order chi connectivity index (χ0) is 20.5. The first-order chi connectivity index (χ1) is 14.7. The van der Waals surface area contributed by atoms with E-state index >= 15 is 0 Å². The van der Waals surface area contributed by atoms with Crippen LogP contribution in [0, 0.1) is 0 Å². The summed E-state index contributed by atoms with van der Waals surface area (Å²) in [5.74, 6) is 0. The molecule has 0 spiro atoms. The van der Waals surface area contributed by atoms with Gasteiger partial charge in [0.05, 0.1) is 0 Å². The van der Waals surface area contributed by atoms with Gasteiger partial charge in [0.2, 0.25) is 0 Å². The summed E-state index contributed by atoms with van der Waals surface area (Å²) in [6.07, 6.45) is 4.72. The first kappa shape index (κ1) is 18.7. The van der Waals surface area contributed by atoms with Gasteiger partial charge in [-0.2, -0.15) is 0 Å². The van der Waals surface area contributed by atoms with Gasteiger partial charge < -0.3 is 20.5 Å². The minimum Gasteiger partial charge on any atom is -0.367 e. The lowest BCUT2D eigenvalue weighted by Gasteiger charge is -2.19. The molecule has 7 heteroatoms. The Morgan fingerprint density at radius 2 is 1.97 bits per heavy atom. The van der Waals surface area contributed by atoms with Crippen LogP contribution in [-0.4, -0.2) is 22.5 Å². The van der Waals surface area contributed by atoms with Crippen molar-refractivity contribution in [3.63, 3.8) is 0 Å². The normalized spacial score (nSPS) is 12.8. The predicted molar refractivity (Wildman–Crippen MR) is 124 cm³/mol. The second kappa shape index (κ2) is 7.84. The van der Waals surface area contributed by atoms with E-state index in [1.165, 1.54) is 11.1 Å². The highest BCUT2D eigenvalue weighted by Crippen LogP contribution is 2.35. The zero-order valence-corrected chi connectivity index (χ0v) is 17.7. The number of hydrogen-bond acceptors (Lipinski definition) is 3. The topological polar surface area (TPSA) is 73.1 Å². The third-order valence-corrected chi connectivity index (χ3v) is 5.90. The molecule has 5 rings (SSSR count). The summed E-state index contributed by atoms with van der Waals surface area (Å²) < 4.78 is 0.973. The summed E-state index contributed by atoms with van der Waals surface area (Å²) >= 11 is 3.40. The maximum Gasteiger partial charge on any atom is 0.323 e. The fourth-order valence-electron chi connectivity index (χ4n) is 3.95. The van der Waals surface area contributed by atoms with Crippen LogP contribution in [0.5, 0.6) is 0 Å². The van der Waals surface area contributed by atoms with Gasteiger partial charge in [0.15, 0.2) is 0 Å². The summed E-state index contributed by atoms with van der Waals surface area (Å²) in [5, 5.41) is 7.04. The average molecular weight is 462 g/mol. The number of H-pyrrole nitrogens is 1. The number of anilines is 3. The molecule has 2 aromatic heterocycles. The molecule has 4 aromatic rings. The van der Waals surface area contributed by atoms with Crippen molar-refractivity contribution in [3.8, 4) is 0 Å². The Labute approximate surface area is 182 Å². The minimum atomic E-state index is -0.244. The number of fused-ring (bicyclic) bond motifs is 2.